The molecule has 1 saturated carbocycles. The van der Waals surface area contributed by atoms with Crippen LogP contribution in [0.5, 0.6) is 5.75 Å². The summed E-state index contributed by atoms with van der Waals surface area (Å²) in [5.74, 6) is -1.19. The van der Waals surface area contributed by atoms with Crippen molar-refractivity contribution < 1.29 is 57.4 Å². The van der Waals surface area contributed by atoms with Crippen LogP contribution >= 0.6 is 0 Å². The van der Waals surface area contributed by atoms with Crippen molar-refractivity contribution in [3.8, 4) is 5.75 Å². The highest BCUT2D eigenvalue weighted by atomic mass is 19.4. The molecule has 14 heteroatoms. The third kappa shape index (κ3) is 13.3. The first-order valence-electron chi connectivity index (χ1n) is 13.2. The molecular formula is C27H36F3NO10. The highest BCUT2D eigenvalue weighted by Gasteiger charge is 2.39. The molecule has 3 N–H and O–H groups in total. The molecule has 5 atom stereocenters. The minimum absolute atomic E-state index is 0.00495. The lowest BCUT2D eigenvalue weighted by Crippen LogP contribution is -2.21. The van der Waals surface area contributed by atoms with E-state index in [0.29, 0.717) is 19.3 Å². The van der Waals surface area contributed by atoms with Gasteiger partial charge in [-0.1, -0.05) is 30.4 Å². The smallest absolute Gasteiger partial charge is 0.416 e. The lowest BCUT2D eigenvalue weighted by molar-refractivity contribution is -0.758. The number of carbonyl (C=O) groups is 1. The number of hydrogen-bond acceptors (Lipinski definition) is 10. The average Bonchev–Trinajstić information content (AvgIpc) is 3.18. The number of benzene rings is 1. The highest BCUT2D eigenvalue weighted by molar-refractivity contribution is 5.69. The number of rotatable bonds is 18. The van der Waals surface area contributed by atoms with Crippen LogP contribution in [0.15, 0.2) is 48.6 Å². The second kappa shape index (κ2) is 17.6. The monoisotopic (exact) mass is 591 g/mol. The van der Waals surface area contributed by atoms with Crippen molar-refractivity contribution in [3.63, 3.8) is 0 Å². The fourth-order valence-corrected chi connectivity index (χ4v) is 4.26. The standard InChI is InChI=1S/C27H36F3NO10/c28-27(29,30)19-6-5-7-21(16-19)40-18-20(32)10-11-23-22(24(33)17-25(23)34)8-3-1-2-4-9-26(35)39-14-12-38-13-15-41-31(36)37/h1,3,5-7,10-11,16,20,22-25,32-34H,2,4,8-9,12-15,17-18H2/b3-1-,11-10+/t20-,22-,23-,24+,25-/m1/s1. The second-order valence-electron chi connectivity index (χ2n) is 9.39. The minimum Gasteiger partial charge on any atom is -0.491 e. The lowest BCUT2D eigenvalue weighted by atomic mass is 9.89. The maximum atomic E-state index is 12.8. The van der Waals surface area contributed by atoms with Crippen LogP contribution in [0.1, 0.15) is 37.7 Å². The lowest BCUT2D eigenvalue weighted by Gasteiger charge is -2.19. The number of ether oxygens (including phenoxy) is 3. The van der Waals surface area contributed by atoms with Crippen LogP contribution in [0.2, 0.25) is 0 Å². The first-order valence-corrected chi connectivity index (χ1v) is 13.2. The Hall–Kier alpha value is -3.20. The van der Waals surface area contributed by atoms with Crippen LogP contribution < -0.4 is 4.74 Å². The van der Waals surface area contributed by atoms with E-state index in [1.807, 2.05) is 12.2 Å². The SMILES string of the molecule is O=C(CCC/C=C\C[C@@H]1[C@@H](/C=C/[C@@H](O)COc2cccc(C(F)(F)F)c2)[C@H](O)C[C@@H]1O)OCCOCCO[N+](=O)[O-]. The first kappa shape index (κ1) is 34.0. The summed E-state index contributed by atoms with van der Waals surface area (Å²) in [6.07, 6.45) is 1.40. The zero-order valence-corrected chi connectivity index (χ0v) is 22.4. The molecule has 1 aliphatic carbocycles. The van der Waals surface area contributed by atoms with Gasteiger partial charge in [0, 0.05) is 18.8 Å². The Morgan fingerprint density at radius 1 is 1.15 bits per heavy atom. The predicted octanol–water partition coefficient (Wildman–Crippen LogP) is 3.24. The molecule has 0 heterocycles. The summed E-state index contributed by atoms with van der Waals surface area (Å²) in [5, 5.41) is 40.0. The molecule has 1 aliphatic rings. The molecule has 0 unspecified atom stereocenters. The Morgan fingerprint density at radius 2 is 1.90 bits per heavy atom. The number of esters is 1. The largest absolute Gasteiger partial charge is 0.491 e. The first-order chi connectivity index (χ1) is 19.5. The summed E-state index contributed by atoms with van der Waals surface area (Å²) in [5.41, 5.74) is -0.860. The molecule has 1 fully saturated rings. The van der Waals surface area contributed by atoms with Gasteiger partial charge in [-0.25, -0.2) is 0 Å². The van der Waals surface area contributed by atoms with Crippen molar-refractivity contribution >= 4 is 5.97 Å². The summed E-state index contributed by atoms with van der Waals surface area (Å²) < 4.78 is 53.8. The normalized spacial score (nSPS) is 21.8. The van der Waals surface area contributed by atoms with Crippen molar-refractivity contribution in [1.29, 1.82) is 0 Å². The van der Waals surface area contributed by atoms with E-state index in [9.17, 15) is 43.4 Å². The fourth-order valence-electron chi connectivity index (χ4n) is 4.26. The zero-order valence-electron chi connectivity index (χ0n) is 22.4. The number of unbranched alkanes of at least 4 members (excludes halogenated alkanes) is 1. The predicted molar refractivity (Wildman–Crippen MR) is 138 cm³/mol. The Kier molecular flexibility index (Phi) is 14.6. The van der Waals surface area contributed by atoms with Crippen molar-refractivity contribution in [2.45, 2.75) is 56.6 Å². The van der Waals surface area contributed by atoms with Gasteiger partial charge in [-0.05, 0) is 43.4 Å². The van der Waals surface area contributed by atoms with Gasteiger partial charge in [0.2, 0.25) is 0 Å². The van der Waals surface area contributed by atoms with E-state index in [1.165, 1.54) is 18.2 Å². The van der Waals surface area contributed by atoms with Gasteiger partial charge < -0.3 is 34.4 Å². The molecule has 0 saturated heterocycles. The fraction of sp³-hybridized carbons (Fsp3) is 0.593. The molecule has 0 bridgehead atoms. The Morgan fingerprint density at radius 3 is 2.63 bits per heavy atom. The van der Waals surface area contributed by atoms with Gasteiger partial charge in [-0.3, -0.25) is 4.79 Å². The maximum absolute atomic E-state index is 12.8. The van der Waals surface area contributed by atoms with E-state index in [4.69, 9.17) is 14.2 Å². The van der Waals surface area contributed by atoms with Gasteiger partial charge in [0.15, 0.2) is 0 Å². The molecule has 2 rings (SSSR count). The van der Waals surface area contributed by atoms with Gasteiger partial charge in [0.05, 0.1) is 31.0 Å². The van der Waals surface area contributed by atoms with Crippen LogP contribution in [0.4, 0.5) is 13.2 Å². The molecule has 0 aliphatic heterocycles. The average molecular weight is 592 g/mol. The van der Waals surface area contributed by atoms with Crippen molar-refractivity contribution in [3.05, 3.63) is 64.2 Å². The highest BCUT2D eigenvalue weighted by Crippen LogP contribution is 2.36. The number of carbonyl (C=O) groups excluding carboxylic acids is 1. The molecule has 11 nitrogen and oxygen atoms in total. The van der Waals surface area contributed by atoms with Crippen LogP contribution in [0.3, 0.4) is 0 Å². The molecule has 0 aromatic heterocycles. The van der Waals surface area contributed by atoms with E-state index in [2.05, 4.69) is 4.84 Å². The molecule has 41 heavy (non-hydrogen) atoms. The number of nitrogens with zero attached hydrogens (tertiary/aromatic N) is 1. The van der Waals surface area contributed by atoms with Crippen LogP contribution in [0.25, 0.3) is 0 Å². The number of aliphatic hydroxyl groups is 3. The van der Waals surface area contributed by atoms with Crippen molar-refractivity contribution in [2.75, 3.05) is 33.0 Å². The number of aliphatic hydroxyl groups excluding tert-OH is 3. The number of halogens is 3. The molecular weight excluding hydrogens is 555 g/mol. The Labute approximate surface area is 235 Å². The molecule has 0 spiro atoms. The second-order valence-corrected chi connectivity index (χ2v) is 9.39. The summed E-state index contributed by atoms with van der Waals surface area (Å²) in [6, 6.07) is 4.33. The molecule has 1 aromatic rings. The van der Waals surface area contributed by atoms with E-state index < -0.39 is 47.0 Å². The van der Waals surface area contributed by atoms with Crippen LogP contribution in [-0.4, -0.2) is 77.7 Å². The van der Waals surface area contributed by atoms with Gasteiger partial charge in [-0.15, -0.1) is 10.1 Å². The third-order valence-electron chi connectivity index (χ3n) is 6.30. The van der Waals surface area contributed by atoms with E-state index >= 15 is 0 Å². The van der Waals surface area contributed by atoms with Crippen LogP contribution in [0, 0.1) is 22.0 Å². The van der Waals surface area contributed by atoms with E-state index in [0.717, 1.165) is 12.1 Å². The minimum atomic E-state index is -4.51. The zero-order chi connectivity index (χ0) is 30.3. The molecule has 0 radical (unpaired) electrons. The number of allylic oxidation sites excluding steroid dienone is 2. The van der Waals surface area contributed by atoms with Gasteiger partial charge in [0.1, 0.15) is 31.7 Å². The van der Waals surface area contributed by atoms with Crippen molar-refractivity contribution in [2.24, 2.45) is 11.8 Å². The Balaban J connectivity index is 1.68. The molecule has 0 amide bonds. The quantitative estimate of drug-likeness (QED) is 0.0761. The van der Waals surface area contributed by atoms with Crippen LogP contribution in [-0.2, 0) is 25.3 Å². The maximum Gasteiger partial charge on any atom is 0.416 e. The topological polar surface area (TPSA) is 158 Å². The van der Waals surface area contributed by atoms with Gasteiger partial charge in [-0.2, -0.15) is 13.2 Å². The van der Waals surface area contributed by atoms with Crippen molar-refractivity contribution in [1.82, 2.24) is 0 Å². The summed E-state index contributed by atoms with van der Waals surface area (Å²) in [6.45, 7) is -0.370. The molecule has 230 valence electrons. The Bertz CT molecular complexity index is 1000. The summed E-state index contributed by atoms with van der Waals surface area (Å²) in [7, 11) is 0. The van der Waals surface area contributed by atoms with Gasteiger partial charge in [0.25, 0.3) is 5.09 Å². The van der Waals surface area contributed by atoms with E-state index in [1.54, 1.807) is 6.08 Å². The van der Waals surface area contributed by atoms with E-state index in [-0.39, 0.29) is 57.5 Å². The summed E-state index contributed by atoms with van der Waals surface area (Å²) in [4.78, 5) is 25.8. The van der Waals surface area contributed by atoms with Gasteiger partial charge >= 0.3 is 12.1 Å². The number of hydrogen-bond donors (Lipinski definition) is 3. The third-order valence-corrected chi connectivity index (χ3v) is 6.30. The number of alkyl halides is 3. The summed E-state index contributed by atoms with van der Waals surface area (Å²) >= 11 is 0. The molecule has 1 aromatic carbocycles.